The number of pyridine rings is 1. The van der Waals surface area contributed by atoms with Crippen molar-refractivity contribution in [2.45, 2.75) is 27.7 Å². The van der Waals surface area contributed by atoms with Crippen LogP contribution in [0, 0.1) is 12.7 Å². The lowest BCUT2D eigenvalue weighted by Gasteiger charge is -2.08. The molecule has 0 saturated carbocycles. The van der Waals surface area contributed by atoms with Crippen LogP contribution in [-0.2, 0) is 4.74 Å². The summed E-state index contributed by atoms with van der Waals surface area (Å²) in [7, 11) is 0. The molecule has 0 bridgehead atoms. The van der Waals surface area contributed by atoms with Crippen LogP contribution in [0.4, 0.5) is 15.8 Å². The molecule has 0 unspecified atom stereocenters. The fraction of sp³-hybridized carbons (Fsp3) is 0.200. The van der Waals surface area contributed by atoms with Gasteiger partial charge in [0.05, 0.1) is 17.7 Å². The minimum Gasteiger partial charge on any atom is -0.460 e. The van der Waals surface area contributed by atoms with Gasteiger partial charge in [-0.3, -0.25) is 4.98 Å². The Balaban J connectivity index is 0.00000132. The zero-order chi connectivity index (χ0) is 22.4. The molecule has 4 aromatic rings. The van der Waals surface area contributed by atoms with Crippen LogP contribution in [0.3, 0.4) is 0 Å². The maximum atomic E-state index is 14.4. The van der Waals surface area contributed by atoms with E-state index in [1.165, 1.54) is 6.07 Å². The van der Waals surface area contributed by atoms with E-state index in [1.807, 2.05) is 44.2 Å². The third-order valence-electron chi connectivity index (χ3n) is 4.53. The average Bonchev–Trinajstić information content (AvgIpc) is 3.16. The van der Waals surface area contributed by atoms with Gasteiger partial charge in [0, 0.05) is 18.0 Å². The monoisotopic (exact) mass is 420 g/mol. The van der Waals surface area contributed by atoms with Crippen molar-refractivity contribution in [3.63, 3.8) is 0 Å². The van der Waals surface area contributed by atoms with E-state index >= 15 is 0 Å². The van der Waals surface area contributed by atoms with Gasteiger partial charge in [0.2, 0.25) is 5.76 Å². The predicted octanol–water partition coefficient (Wildman–Crippen LogP) is 6.89. The van der Waals surface area contributed by atoms with Gasteiger partial charge >= 0.3 is 5.97 Å². The number of fused-ring (bicyclic) bond motifs is 1. The SMILES string of the molecule is CC.CCOC(=O)c1oc2c(-c3ccccc3)cncc2c1Nc1ccc(C)cc1F. The molecule has 2 aromatic heterocycles. The lowest BCUT2D eigenvalue weighted by molar-refractivity contribution is 0.0494. The number of aromatic nitrogens is 1. The Morgan fingerprint density at radius 1 is 1.13 bits per heavy atom. The molecule has 0 atom stereocenters. The van der Waals surface area contributed by atoms with Gasteiger partial charge in [0.15, 0.2) is 0 Å². The molecule has 0 aliphatic rings. The number of carbonyl (C=O) groups is 1. The van der Waals surface area contributed by atoms with Crippen molar-refractivity contribution in [3.8, 4) is 11.1 Å². The first kappa shape index (κ1) is 22.0. The van der Waals surface area contributed by atoms with Gasteiger partial charge in [-0.2, -0.15) is 0 Å². The zero-order valence-electron chi connectivity index (χ0n) is 18.0. The summed E-state index contributed by atoms with van der Waals surface area (Å²) in [5.74, 6) is -1.08. The van der Waals surface area contributed by atoms with Gasteiger partial charge < -0.3 is 14.5 Å². The molecule has 0 saturated heterocycles. The molecule has 2 aromatic carbocycles. The second-order valence-corrected chi connectivity index (χ2v) is 6.56. The Hall–Kier alpha value is -3.67. The molecule has 160 valence electrons. The fourth-order valence-corrected chi connectivity index (χ4v) is 3.16. The van der Waals surface area contributed by atoms with E-state index in [0.29, 0.717) is 16.7 Å². The van der Waals surface area contributed by atoms with Crippen LogP contribution in [-0.4, -0.2) is 17.6 Å². The highest BCUT2D eigenvalue weighted by molar-refractivity contribution is 6.08. The van der Waals surface area contributed by atoms with Crippen molar-refractivity contribution in [1.29, 1.82) is 0 Å². The lowest BCUT2D eigenvalue weighted by atomic mass is 10.1. The van der Waals surface area contributed by atoms with Crippen LogP contribution in [0.5, 0.6) is 0 Å². The standard InChI is InChI=1S/C23H19FN2O3.C2H6/c1-3-28-23(27)22-20(26-19-10-9-14(2)11-18(19)24)17-13-25-12-16(21(17)29-22)15-7-5-4-6-8-15;1-2/h4-13,26H,3H2,1-2H3;1-2H3. The second kappa shape index (κ2) is 9.89. The van der Waals surface area contributed by atoms with Crippen molar-refractivity contribution in [1.82, 2.24) is 4.98 Å². The van der Waals surface area contributed by atoms with Crippen LogP contribution in [0.2, 0.25) is 0 Å². The minimum atomic E-state index is -0.627. The molecule has 31 heavy (non-hydrogen) atoms. The van der Waals surface area contributed by atoms with Gasteiger partial charge in [-0.1, -0.05) is 50.2 Å². The third kappa shape index (κ3) is 4.58. The lowest BCUT2D eigenvalue weighted by Crippen LogP contribution is -2.06. The number of hydrogen-bond acceptors (Lipinski definition) is 5. The highest BCUT2D eigenvalue weighted by Crippen LogP contribution is 2.38. The first-order valence-corrected chi connectivity index (χ1v) is 10.2. The van der Waals surface area contributed by atoms with Gasteiger partial charge in [0.25, 0.3) is 0 Å². The molecule has 0 aliphatic heterocycles. The Bertz CT molecular complexity index is 1190. The quantitative estimate of drug-likeness (QED) is 0.356. The van der Waals surface area contributed by atoms with Gasteiger partial charge in [-0.05, 0) is 37.1 Å². The maximum Gasteiger partial charge on any atom is 0.376 e. The van der Waals surface area contributed by atoms with Crippen molar-refractivity contribution in [3.05, 3.63) is 78.1 Å². The summed E-state index contributed by atoms with van der Waals surface area (Å²) in [6.45, 7) is 7.71. The van der Waals surface area contributed by atoms with E-state index in [1.54, 1.807) is 38.4 Å². The van der Waals surface area contributed by atoms with E-state index in [2.05, 4.69) is 10.3 Å². The van der Waals surface area contributed by atoms with E-state index in [0.717, 1.165) is 16.7 Å². The molecular weight excluding hydrogens is 395 g/mol. The molecule has 0 aliphatic carbocycles. The Labute approximate surface area is 180 Å². The van der Waals surface area contributed by atoms with E-state index in [-0.39, 0.29) is 18.1 Å². The number of hydrogen-bond donors (Lipinski definition) is 1. The number of esters is 1. The molecule has 0 spiro atoms. The van der Waals surface area contributed by atoms with Crippen LogP contribution in [0.1, 0.15) is 36.9 Å². The van der Waals surface area contributed by atoms with Crippen LogP contribution < -0.4 is 5.32 Å². The highest BCUT2D eigenvalue weighted by Gasteiger charge is 2.25. The summed E-state index contributed by atoms with van der Waals surface area (Å²) in [4.78, 5) is 16.8. The Morgan fingerprint density at radius 3 is 2.55 bits per heavy atom. The molecule has 1 N–H and O–H groups in total. The molecule has 2 heterocycles. The minimum absolute atomic E-state index is 0.0213. The molecule has 0 radical (unpaired) electrons. The summed E-state index contributed by atoms with van der Waals surface area (Å²) >= 11 is 0. The molecule has 4 rings (SSSR count). The van der Waals surface area contributed by atoms with Crippen LogP contribution in [0.25, 0.3) is 22.1 Å². The van der Waals surface area contributed by atoms with Crippen LogP contribution >= 0.6 is 0 Å². The van der Waals surface area contributed by atoms with E-state index in [4.69, 9.17) is 9.15 Å². The smallest absolute Gasteiger partial charge is 0.376 e. The Morgan fingerprint density at radius 2 is 1.87 bits per heavy atom. The number of rotatable bonds is 5. The average molecular weight is 420 g/mol. The summed E-state index contributed by atoms with van der Waals surface area (Å²) in [5.41, 5.74) is 3.45. The van der Waals surface area contributed by atoms with Crippen molar-refractivity contribution < 1.29 is 18.3 Å². The molecule has 0 amide bonds. The number of furan rings is 1. The topological polar surface area (TPSA) is 64.4 Å². The number of nitrogens with zero attached hydrogens (tertiary/aromatic N) is 1. The van der Waals surface area contributed by atoms with E-state index in [9.17, 15) is 9.18 Å². The normalized spacial score (nSPS) is 10.4. The second-order valence-electron chi connectivity index (χ2n) is 6.56. The molecule has 5 nitrogen and oxygen atoms in total. The molecule has 6 heteroatoms. The van der Waals surface area contributed by atoms with Crippen LogP contribution in [0.15, 0.2) is 65.3 Å². The van der Waals surface area contributed by atoms with Gasteiger partial charge in [0.1, 0.15) is 17.1 Å². The molecule has 0 fully saturated rings. The van der Waals surface area contributed by atoms with Crippen molar-refractivity contribution >= 4 is 28.3 Å². The van der Waals surface area contributed by atoms with E-state index < -0.39 is 11.8 Å². The third-order valence-corrected chi connectivity index (χ3v) is 4.53. The number of nitrogens with one attached hydrogen (secondary N) is 1. The first-order chi connectivity index (χ1) is 15.1. The van der Waals surface area contributed by atoms with Gasteiger partial charge in [-0.15, -0.1) is 0 Å². The summed E-state index contributed by atoms with van der Waals surface area (Å²) in [6, 6.07) is 14.4. The number of anilines is 2. The number of ether oxygens (including phenoxy) is 1. The summed E-state index contributed by atoms with van der Waals surface area (Å²) < 4.78 is 25.5. The largest absolute Gasteiger partial charge is 0.460 e. The fourth-order valence-electron chi connectivity index (χ4n) is 3.16. The number of carbonyl (C=O) groups excluding carboxylic acids is 1. The van der Waals surface area contributed by atoms with Crippen molar-refractivity contribution in [2.75, 3.05) is 11.9 Å². The number of benzene rings is 2. The first-order valence-electron chi connectivity index (χ1n) is 10.2. The van der Waals surface area contributed by atoms with Crippen molar-refractivity contribution in [2.24, 2.45) is 0 Å². The number of halogens is 1. The zero-order valence-corrected chi connectivity index (χ0v) is 18.0. The Kier molecular flexibility index (Phi) is 7.03. The summed E-state index contributed by atoms with van der Waals surface area (Å²) in [6.07, 6.45) is 3.26. The maximum absolute atomic E-state index is 14.4. The predicted molar refractivity (Wildman–Crippen MR) is 121 cm³/mol. The number of aryl methyl sites for hydroxylation is 1. The molecular formula is C25H25FN2O3. The highest BCUT2D eigenvalue weighted by atomic mass is 19.1. The van der Waals surface area contributed by atoms with Gasteiger partial charge in [-0.25, -0.2) is 9.18 Å². The summed E-state index contributed by atoms with van der Waals surface area (Å²) in [5, 5.41) is 3.56.